The molecule has 0 aromatic heterocycles. The van der Waals surface area contributed by atoms with Crippen LogP contribution >= 0.6 is 23.2 Å². The van der Waals surface area contributed by atoms with E-state index < -0.39 is 0 Å². The predicted octanol–water partition coefficient (Wildman–Crippen LogP) is 4.64. The summed E-state index contributed by atoms with van der Waals surface area (Å²) in [5.74, 6) is 0. The number of nitrogen functional groups attached to an aromatic ring is 1. The minimum atomic E-state index is 0.602. The lowest BCUT2D eigenvalue weighted by Gasteiger charge is -2.09. The van der Waals surface area contributed by atoms with Crippen LogP contribution in [0.25, 0.3) is 5.57 Å². The van der Waals surface area contributed by atoms with Crippen molar-refractivity contribution in [1.29, 1.82) is 0 Å². The number of anilines is 1. The number of halogens is 2. The van der Waals surface area contributed by atoms with E-state index in [2.05, 4.69) is 6.58 Å². The summed E-state index contributed by atoms with van der Waals surface area (Å²) >= 11 is 12.0. The van der Waals surface area contributed by atoms with E-state index in [1.807, 2.05) is 36.4 Å². The second-order valence-corrected chi connectivity index (χ2v) is 4.57. The summed E-state index contributed by atoms with van der Waals surface area (Å²) in [4.78, 5) is 0. The highest BCUT2D eigenvalue weighted by atomic mass is 35.5. The molecule has 0 aliphatic rings. The van der Waals surface area contributed by atoms with Crippen LogP contribution in [-0.2, 0) is 0 Å². The van der Waals surface area contributed by atoms with Crippen molar-refractivity contribution in [1.82, 2.24) is 0 Å². The van der Waals surface area contributed by atoms with E-state index in [0.29, 0.717) is 15.7 Å². The first-order valence-electron chi connectivity index (χ1n) is 5.08. The summed E-state index contributed by atoms with van der Waals surface area (Å²) in [6, 6.07) is 12.9. The molecule has 1 nitrogen and oxygen atoms in total. The Morgan fingerprint density at radius 2 is 1.65 bits per heavy atom. The number of hydrogen-bond donors (Lipinski definition) is 1. The lowest BCUT2D eigenvalue weighted by atomic mass is 9.99. The largest absolute Gasteiger partial charge is 0.399 e. The lowest BCUT2D eigenvalue weighted by Crippen LogP contribution is -1.90. The molecule has 2 aromatic carbocycles. The maximum atomic E-state index is 6.14. The zero-order valence-electron chi connectivity index (χ0n) is 9.08. The maximum absolute atomic E-state index is 6.14. The molecule has 0 aliphatic heterocycles. The van der Waals surface area contributed by atoms with Gasteiger partial charge in [0, 0.05) is 16.3 Å². The van der Waals surface area contributed by atoms with Crippen LogP contribution in [0, 0.1) is 0 Å². The Morgan fingerprint density at radius 3 is 2.24 bits per heavy atom. The zero-order valence-corrected chi connectivity index (χ0v) is 10.6. The Balaban J connectivity index is 2.40. The van der Waals surface area contributed by atoms with Gasteiger partial charge in [-0.05, 0) is 35.4 Å². The lowest BCUT2D eigenvalue weighted by molar-refractivity contribution is 1.55. The van der Waals surface area contributed by atoms with Crippen molar-refractivity contribution >= 4 is 34.5 Å². The first-order valence-corrected chi connectivity index (χ1v) is 5.84. The molecule has 17 heavy (non-hydrogen) atoms. The smallest absolute Gasteiger partial charge is 0.0504 e. The summed E-state index contributed by atoms with van der Waals surface area (Å²) in [5, 5.41) is 1.30. The fourth-order valence-electron chi connectivity index (χ4n) is 1.58. The van der Waals surface area contributed by atoms with Crippen LogP contribution in [0.1, 0.15) is 11.1 Å². The van der Waals surface area contributed by atoms with Crippen LogP contribution in [-0.4, -0.2) is 0 Å². The number of hydrogen-bond acceptors (Lipinski definition) is 1. The first-order chi connectivity index (χ1) is 8.08. The third-order valence-corrected chi connectivity index (χ3v) is 3.08. The molecule has 2 N–H and O–H groups in total. The van der Waals surface area contributed by atoms with E-state index in [0.717, 1.165) is 16.7 Å². The standard InChI is InChI=1S/C14H11Cl2N/c1-9(10-2-4-11(15)5-3-10)13-7-6-12(17)8-14(13)16/h2-8H,1,17H2. The first kappa shape index (κ1) is 12.0. The summed E-state index contributed by atoms with van der Waals surface area (Å²) in [6.45, 7) is 4.05. The quantitative estimate of drug-likeness (QED) is 0.786. The third kappa shape index (κ3) is 2.63. The van der Waals surface area contributed by atoms with Gasteiger partial charge in [0.25, 0.3) is 0 Å². The molecule has 0 fully saturated rings. The van der Waals surface area contributed by atoms with Crippen LogP contribution < -0.4 is 5.73 Å². The molecule has 0 radical (unpaired) electrons. The normalized spacial score (nSPS) is 10.2. The molecule has 3 heteroatoms. The number of rotatable bonds is 2. The van der Waals surface area contributed by atoms with Crippen molar-refractivity contribution in [2.75, 3.05) is 5.73 Å². The van der Waals surface area contributed by atoms with Crippen molar-refractivity contribution in [2.45, 2.75) is 0 Å². The molecule has 0 bridgehead atoms. The molecule has 0 unspecified atom stereocenters. The van der Waals surface area contributed by atoms with Gasteiger partial charge in [-0.2, -0.15) is 0 Å². The Hall–Kier alpha value is -1.44. The monoisotopic (exact) mass is 263 g/mol. The minimum absolute atomic E-state index is 0.602. The van der Waals surface area contributed by atoms with Gasteiger partial charge in [0.2, 0.25) is 0 Å². The molecule has 0 spiro atoms. The molecule has 0 atom stereocenters. The Bertz CT molecular complexity index is 559. The molecule has 0 aliphatic carbocycles. The number of benzene rings is 2. The van der Waals surface area contributed by atoms with Crippen LogP contribution in [0.4, 0.5) is 5.69 Å². The van der Waals surface area contributed by atoms with E-state index in [1.54, 1.807) is 6.07 Å². The van der Waals surface area contributed by atoms with E-state index in [9.17, 15) is 0 Å². The summed E-state index contributed by atoms with van der Waals surface area (Å²) in [7, 11) is 0. The Labute approximate surface area is 110 Å². The van der Waals surface area contributed by atoms with Crippen LogP contribution in [0.3, 0.4) is 0 Å². The summed E-state index contributed by atoms with van der Waals surface area (Å²) in [6.07, 6.45) is 0. The van der Waals surface area contributed by atoms with Gasteiger partial charge in [0.1, 0.15) is 0 Å². The van der Waals surface area contributed by atoms with Gasteiger partial charge in [0.05, 0.1) is 5.02 Å². The summed E-state index contributed by atoms with van der Waals surface area (Å²) in [5.41, 5.74) is 9.01. The SMILES string of the molecule is C=C(c1ccc(Cl)cc1)c1ccc(N)cc1Cl. The average molecular weight is 264 g/mol. The maximum Gasteiger partial charge on any atom is 0.0504 e. The molecule has 0 saturated carbocycles. The molecular weight excluding hydrogens is 253 g/mol. The van der Waals surface area contributed by atoms with Gasteiger partial charge in [-0.25, -0.2) is 0 Å². The van der Waals surface area contributed by atoms with Gasteiger partial charge in [-0.15, -0.1) is 0 Å². The minimum Gasteiger partial charge on any atom is -0.399 e. The van der Waals surface area contributed by atoms with Crippen LogP contribution in [0.5, 0.6) is 0 Å². The van der Waals surface area contributed by atoms with Gasteiger partial charge in [-0.1, -0.05) is 48.0 Å². The summed E-state index contributed by atoms with van der Waals surface area (Å²) < 4.78 is 0. The van der Waals surface area contributed by atoms with Gasteiger partial charge in [-0.3, -0.25) is 0 Å². The van der Waals surface area contributed by atoms with Crippen molar-refractivity contribution in [3.63, 3.8) is 0 Å². The van der Waals surface area contributed by atoms with Crippen molar-refractivity contribution in [2.24, 2.45) is 0 Å². The van der Waals surface area contributed by atoms with Gasteiger partial charge in [0.15, 0.2) is 0 Å². The van der Waals surface area contributed by atoms with Gasteiger partial charge < -0.3 is 5.73 Å². The zero-order chi connectivity index (χ0) is 12.4. The molecule has 2 aromatic rings. The number of nitrogens with two attached hydrogens (primary N) is 1. The van der Waals surface area contributed by atoms with Gasteiger partial charge >= 0.3 is 0 Å². The van der Waals surface area contributed by atoms with Crippen LogP contribution in [0.2, 0.25) is 10.0 Å². The van der Waals surface area contributed by atoms with Crippen molar-refractivity contribution in [3.8, 4) is 0 Å². The van der Waals surface area contributed by atoms with E-state index in [1.165, 1.54) is 0 Å². The third-order valence-electron chi connectivity index (χ3n) is 2.51. The Morgan fingerprint density at radius 1 is 1.00 bits per heavy atom. The molecule has 0 heterocycles. The van der Waals surface area contributed by atoms with E-state index in [4.69, 9.17) is 28.9 Å². The fraction of sp³-hybridized carbons (Fsp3) is 0. The van der Waals surface area contributed by atoms with E-state index in [-0.39, 0.29) is 0 Å². The molecule has 0 amide bonds. The highest BCUT2D eigenvalue weighted by Gasteiger charge is 2.07. The predicted molar refractivity (Wildman–Crippen MR) is 75.5 cm³/mol. The molecule has 0 saturated heterocycles. The highest BCUT2D eigenvalue weighted by Crippen LogP contribution is 2.29. The molecular formula is C14H11Cl2N. The highest BCUT2D eigenvalue weighted by molar-refractivity contribution is 6.33. The van der Waals surface area contributed by atoms with Crippen molar-refractivity contribution in [3.05, 3.63) is 70.2 Å². The second kappa shape index (κ2) is 4.82. The van der Waals surface area contributed by atoms with Crippen LogP contribution in [0.15, 0.2) is 49.0 Å². The van der Waals surface area contributed by atoms with E-state index >= 15 is 0 Å². The fourth-order valence-corrected chi connectivity index (χ4v) is 2.01. The Kier molecular flexibility index (Phi) is 3.41. The average Bonchev–Trinajstić information content (AvgIpc) is 2.29. The molecule has 2 rings (SSSR count). The van der Waals surface area contributed by atoms with Crippen molar-refractivity contribution < 1.29 is 0 Å². The molecule has 86 valence electrons. The second-order valence-electron chi connectivity index (χ2n) is 3.72. The topological polar surface area (TPSA) is 26.0 Å².